The Morgan fingerprint density at radius 1 is 1.25 bits per heavy atom. The van der Waals surface area contributed by atoms with Crippen LogP contribution >= 0.6 is 0 Å². The fraction of sp³-hybridized carbons (Fsp3) is 0.435. The van der Waals surface area contributed by atoms with E-state index in [-0.39, 0.29) is 29.3 Å². The van der Waals surface area contributed by atoms with E-state index < -0.39 is 6.16 Å². The lowest BCUT2D eigenvalue weighted by molar-refractivity contribution is -0.385. The molecule has 0 radical (unpaired) electrons. The van der Waals surface area contributed by atoms with Gasteiger partial charge in [0.1, 0.15) is 12.4 Å². The monoisotopic (exact) mass is 443 g/mol. The van der Waals surface area contributed by atoms with Crippen molar-refractivity contribution in [2.45, 2.75) is 44.9 Å². The second-order valence-corrected chi connectivity index (χ2v) is 7.78. The van der Waals surface area contributed by atoms with Gasteiger partial charge in [0, 0.05) is 30.3 Å². The predicted molar refractivity (Wildman–Crippen MR) is 118 cm³/mol. The Hall–Kier alpha value is -3.17. The number of methoxy groups -OCH3 is 1. The van der Waals surface area contributed by atoms with E-state index in [4.69, 9.17) is 14.3 Å². The molecule has 172 valence electrons. The second kappa shape index (κ2) is 11.4. The third kappa shape index (κ3) is 6.66. The Morgan fingerprint density at radius 2 is 2.03 bits per heavy atom. The third-order valence-corrected chi connectivity index (χ3v) is 5.52. The minimum Gasteiger partial charge on any atom is -0.497 e. The van der Waals surface area contributed by atoms with Gasteiger partial charge in [-0.05, 0) is 50.4 Å². The second-order valence-electron chi connectivity index (χ2n) is 7.78. The number of piperidine rings is 1. The molecular formula is C23H29N3O6. The van der Waals surface area contributed by atoms with Gasteiger partial charge in [-0.2, -0.15) is 0 Å². The van der Waals surface area contributed by atoms with E-state index in [1.807, 2.05) is 37.3 Å². The standard InChI is InChI=1S/C23H29N3O6/c1-17-14-20(24-12-10-19-15-21(30-2)8-9-22(19)26(28)29)11-13-25(17)32-23(27)31-16-18-6-4-3-5-7-18/h3-9,15,17,20,24H,10-14,16H2,1-2H3. The average molecular weight is 444 g/mol. The summed E-state index contributed by atoms with van der Waals surface area (Å²) in [5.74, 6) is 0.601. The molecule has 2 unspecified atom stereocenters. The first-order chi connectivity index (χ1) is 15.5. The van der Waals surface area contributed by atoms with Gasteiger partial charge in [0.15, 0.2) is 0 Å². The molecule has 32 heavy (non-hydrogen) atoms. The van der Waals surface area contributed by atoms with E-state index in [2.05, 4.69) is 5.32 Å². The molecule has 0 aromatic heterocycles. The molecule has 0 bridgehead atoms. The van der Waals surface area contributed by atoms with Gasteiger partial charge in [-0.3, -0.25) is 10.1 Å². The Labute approximate surface area is 187 Å². The Bertz CT molecular complexity index is 908. The van der Waals surface area contributed by atoms with Crippen molar-refractivity contribution in [3.63, 3.8) is 0 Å². The van der Waals surface area contributed by atoms with Crippen LogP contribution in [0.4, 0.5) is 10.5 Å². The van der Waals surface area contributed by atoms with Crippen LogP contribution in [0.25, 0.3) is 0 Å². The molecule has 0 spiro atoms. The van der Waals surface area contributed by atoms with Gasteiger partial charge < -0.3 is 19.6 Å². The van der Waals surface area contributed by atoms with Gasteiger partial charge in [-0.25, -0.2) is 4.79 Å². The van der Waals surface area contributed by atoms with Gasteiger partial charge >= 0.3 is 6.16 Å². The minimum atomic E-state index is -0.711. The van der Waals surface area contributed by atoms with Crippen LogP contribution in [0, 0.1) is 10.1 Å². The number of nitrogens with one attached hydrogen (secondary N) is 1. The number of nitrogens with zero attached hydrogens (tertiary/aromatic N) is 2. The van der Waals surface area contributed by atoms with Crippen LogP contribution in [0.3, 0.4) is 0 Å². The summed E-state index contributed by atoms with van der Waals surface area (Å²) in [6.07, 6.45) is 1.38. The van der Waals surface area contributed by atoms with Crippen molar-refractivity contribution < 1.29 is 24.0 Å². The van der Waals surface area contributed by atoms with Crippen LogP contribution in [0.1, 0.15) is 30.9 Å². The van der Waals surface area contributed by atoms with Crippen LogP contribution in [-0.2, 0) is 22.6 Å². The molecule has 0 amide bonds. The summed E-state index contributed by atoms with van der Waals surface area (Å²) in [5.41, 5.74) is 1.63. The smallest absolute Gasteiger partial charge is 0.497 e. The summed E-state index contributed by atoms with van der Waals surface area (Å²) in [7, 11) is 1.54. The molecule has 2 aromatic carbocycles. The highest BCUT2D eigenvalue weighted by molar-refractivity contribution is 5.59. The number of rotatable bonds is 9. The molecule has 1 N–H and O–H groups in total. The summed E-state index contributed by atoms with van der Waals surface area (Å²) in [5, 5.41) is 16.4. The molecule has 1 aliphatic heterocycles. The summed E-state index contributed by atoms with van der Waals surface area (Å²) in [6.45, 7) is 3.34. The number of carbonyl (C=O) groups excluding carboxylic acids is 1. The van der Waals surface area contributed by atoms with E-state index >= 15 is 0 Å². The highest BCUT2D eigenvalue weighted by atomic mass is 16.8. The maximum Gasteiger partial charge on any atom is 0.528 e. The number of ether oxygens (including phenoxy) is 2. The molecule has 9 nitrogen and oxygen atoms in total. The van der Waals surface area contributed by atoms with Gasteiger partial charge in [0.05, 0.1) is 12.0 Å². The number of hydrogen-bond acceptors (Lipinski definition) is 8. The van der Waals surface area contributed by atoms with E-state index in [0.29, 0.717) is 30.8 Å². The highest BCUT2D eigenvalue weighted by Gasteiger charge is 2.28. The summed E-state index contributed by atoms with van der Waals surface area (Å²) < 4.78 is 10.4. The van der Waals surface area contributed by atoms with Crippen molar-refractivity contribution in [1.29, 1.82) is 0 Å². The number of nitro groups is 1. The van der Waals surface area contributed by atoms with E-state index in [1.54, 1.807) is 17.2 Å². The van der Waals surface area contributed by atoms with Crippen LogP contribution in [0.15, 0.2) is 48.5 Å². The van der Waals surface area contributed by atoms with Crippen molar-refractivity contribution in [2.75, 3.05) is 20.2 Å². The lowest BCUT2D eigenvalue weighted by atomic mass is 10.00. The van der Waals surface area contributed by atoms with Gasteiger partial charge in [-0.1, -0.05) is 30.3 Å². The Morgan fingerprint density at radius 3 is 2.72 bits per heavy atom. The quantitative estimate of drug-likeness (QED) is 0.354. The van der Waals surface area contributed by atoms with Crippen molar-refractivity contribution in [3.05, 3.63) is 69.8 Å². The molecule has 3 rings (SSSR count). The maximum absolute atomic E-state index is 12.0. The molecule has 0 saturated carbocycles. The highest BCUT2D eigenvalue weighted by Crippen LogP contribution is 2.24. The van der Waals surface area contributed by atoms with Crippen LogP contribution in [0.2, 0.25) is 0 Å². The lowest BCUT2D eigenvalue weighted by Crippen LogP contribution is -2.48. The van der Waals surface area contributed by atoms with E-state index in [9.17, 15) is 14.9 Å². The van der Waals surface area contributed by atoms with Crippen molar-refractivity contribution in [2.24, 2.45) is 0 Å². The van der Waals surface area contributed by atoms with Crippen LogP contribution in [-0.4, -0.2) is 48.4 Å². The first-order valence-electron chi connectivity index (χ1n) is 10.7. The first-order valence-corrected chi connectivity index (χ1v) is 10.7. The molecule has 1 heterocycles. The number of nitro benzene ring substituents is 1. The molecule has 1 saturated heterocycles. The molecule has 2 aromatic rings. The molecule has 1 aliphatic rings. The van der Waals surface area contributed by atoms with E-state index in [0.717, 1.165) is 18.4 Å². The Kier molecular flexibility index (Phi) is 8.41. The number of carbonyl (C=O) groups is 1. The molecule has 9 heteroatoms. The SMILES string of the molecule is COc1ccc([N+](=O)[O-])c(CCNC2CCN(OC(=O)OCc3ccccc3)C(C)C2)c1. The van der Waals surface area contributed by atoms with Crippen LogP contribution in [0.5, 0.6) is 5.75 Å². The minimum absolute atomic E-state index is 0.0247. The summed E-state index contributed by atoms with van der Waals surface area (Å²) in [4.78, 5) is 28.3. The summed E-state index contributed by atoms with van der Waals surface area (Å²) >= 11 is 0. The molecule has 0 aliphatic carbocycles. The van der Waals surface area contributed by atoms with Crippen molar-refractivity contribution >= 4 is 11.8 Å². The predicted octanol–water partition coefficient (Wildman–Crippen LogP) is 3.86. The average Bonchev–Trinajstić information content (AvgIpc) is 2.80. The summed E-state index contributed by atoms with van der Waals surface area (Å²) in [6, 6.07) is 14.5. The molecular weight excluding hydrogens is 414 g/mol. The fourth-order valence-electron chi connectivity index (χ4n) is 3.79. The molecule has 2 atom stereocenters. The van der Waals surface area contributed by atoms with Gasteiger partial charge in [-0.15, -0.1) is 5.06 Å². The van der Waals surface area contributed by atoms with Crippen molar-refractivity contribution in [1.82, 2.24) is 10.4 Å². The fourth-order valence-corrected chi connectivity index (χ4v) is 3.79. The number of hydroxylamine groups is 2. The normalized spacial score (nSPS) is 18.7. The lowest BCUT2D eigenvalue weighted by Gasteiger charge is -2.35. The zero-order chi connectivity index (χ0) is 22.9. The zero-order valence-electron chi connectivity index (χ0n) is 18.4. The number of benzene rings is 2. The van der Waals surface area contributed by atoms with Gasteiger partial charge in [0.25, 0.3) is 5.69 Å². The molecule has 1 fully saturated rings. The largest absolute Gasteiger partial charge is 0.528 e. The Balaban J connectivity index is 1.42. The zero-order valence-corrected chi connectivity index (χ0v) is 18.4. The van der Waals surface area contributed by atoms with E-state index in [1.165, 1.54) is 13.2 Å². The van der Waals surface area contributed by atoms with Crippen molar-refractivity contribution in [3.8, 4) is 5.75 Å². The maximum atomic E-state index is 12.0. The van der Waals surface area contributed by atoms with Crippen LogP contribution < -0.4 is 10.1 Å². The topological polar surface area (TPSA) is 103 Å². The number of hydrogen-bond donors (Lipinski definition) is 1. The first kappa shape index (κ1) is 23.5. The third-order valence-electron chi connectivity index (χ3n) is 5.52. The van der Waals surface area contributed by atoms with Gasteiger partial charge in [0.2, 0.25) is 0 Å².